The van der Waals surface area contributed by atoms with Gasteiger partial charge in [0.25, 0.3) is 5.22 Å². The highest BCUT2D eigenvalue weighted by atomic mass is 35.5. The second-order valence-electron chi connectivity index (χ2n) is 5.45. The van der Waals surface area contributed by atoms with E-state index in [0.29, 0.717) is 15.7 Å². The average Bonchev–Trinajstić information content (AvgIpc) is 3.06. The van der Waals surface area contributed by atoms with Gasteiger partial charge in [0, 0.05) is 18.0 Å². The van der Waals surface area contributed by atoms with Gasteiger partial charge in [0.05, 0.1) is 16.5 Å². The molecular formula is C15H13Cl2N5O4S. The van der Waals surface area contributed by atoms with E-state index < -0.39 is 6.03 Å². The van der Waals surface area contributed by atoms with Gasteiger partial charge in [-0.05, 0) is 18.2 Å². The number of thioether (sulfide) groups is 1. The second kappa shape index (κ2) is 8.59. The van der Waals surface area contributed by atoms with E-state index in [-0.39, 0.29) is 48.2 Å². The molecule has 27 heavy (non-hydrogen) atoms. The highest BCUT2D eigenvalue weighted by molar-refractivity contribution is 7.99. The molecule has 0 spiro atoms. The van der Waals surface area contributed by atoms with Gasteiger partial charge in [0.1, 0.15) is 6.54 Å². The van der Waals surface area contributed by atoms with Crippen LogP contribution in [0.3, 0.4) is 0 Å². The summed E-state index contributed by atoms with van der Waals surface area (Å²) in [6, 6.07) is 4.25. The first-order chi connectivity index (χ1) is 12.9. The van der Waals surface area contributed by atoms with E-state index in [1.807, 2.05) is 0 Å². The summed E-state index contributed by atoms with van der Waals surface area (Å²) in [6.07, 6.45) is 0.217. The molecule has 0 bridgehead atoms. The first kappa shape index (κ1) is 19.5. The molecule has 2 aromatic rings. The van der Waals surface area contributed by atoms with E-state index in [0.717, 1.165) is 11.8 Å². The predicted octanol–water partition coefficient (Wildman–Crippen LogP) is 2.55. The molecule has 4 amide bonds. The van der Waals surface area contributed by atoms with Crippen LogP contribution in [0.15, 0.2) is 27.8 Å². The molecule has 2 heterocycles. The number of benzene rings is 1. The molecule has 1 aliphatic rings. The summed E-state index contributed by atoms with van der Waals surface area (Å²) in [7, 11) is 0. The molecule has 0 unspecified atom stereocenters. The number of carbonyl (C=O) groups is 3. The monoisotopic (exact) mass is 429 g/mol. The topological polar surface area (TPSA) is 117 Å². The maximum atomic E-state index is 12.0. The number of aromatic nitrogens is 2. The van der Waals surface area contributed by atoms with E-state index in [1.54, 1.807) is 12.1 Å². The van der Waals surface area contributed by atoms with E-state index in [2.05, 4.69) is 20.8 Å². The summed E-state index contributed by atoms with van der Waals surface area (Å²) in [5.74, 6) is -0.384. The van der Waals surface area contributed by atoms with Crippen LogP contribution in [0, 0.1) is 0 Å². The van der Waals surface area contributed by atoms with Gasteiger partial charge in [-0.2, -0.15) is 0 Å². The van der Waals surface area contributed by atoms with Crippen molar-refractivity contribution in [3.63, 3.8) is 0 Å². The molecule has 0 atom stereocenters. The van der Waals surface area contributed by atoms with Crippen LogP contribution in [0.25, 0.3) is 0 Å². The van der Waals surface area contributed by atoms with E-state index in [9.17, 15) is 14.4 Å². The van der Waals surface area contributed by atoms with Crippen molar-refractivity contribution >= 4 is 58.5 Å². The lowest BCUT2D eigenvalue weighted by molar-refractivity contribution is -0.121. The summed E-state index contributed by atoms with van der Waals surface area (Å²) < 4.78 is 5.41. The lowest BCUT2D eigenvalue weighted by Gasteiger charge is -2.24. The molecule has 1 aromatic heterocycles. The molecule has 1 saturated heterocycles. The lowest BCUT2D eigenvalue weighted by Crippen LogP contribution is -2.48. The Bertz CT molecular complexity index is 891. The Morgan fingerprint density at radius 1 is 1.33 bits per heavy atom. The summed E-state index contributed by atoms with van der Waals surface area (Å²) in [4.78, 5) is 36.2. The fourth-order valence-electron chi connectivity index (χ4n) is 2.18. The number of hydrogen-bond acceptors (Lipinski definition) is 7. The first-order valence-corrected chi connectivity index (χ1v) is 9.43. The van der Waals surface area contributed by atoms with Crippen LogP contribution < -0.4 is 10.6 Å². The van der Waals surface area contributed by atoms with Crippen molar-refractivity contribution in [2.45, 2.75) is 18.2 Å². The minimum Gasteiger partial charge on any atom is -0.414 e. The molecule has 1 fully saturated rings. The van der Waals surface area contributed by atoms with Crippen molar-refractivity contribution in [1.82, 2.24) is 20.4 Å². The van der Waals surface area contributed by atoms with Crippen molar-refractivity contribution < 1.29 is 18.8 Å². The number of carbonyl (C=O) groups excluding carboxylic acids is 3. The molecule has 9 nitrogen and oxygen atoms in total. The summed E-state index contributed by atoms with van der Waals surface area (Å²) >= 11 is 12.9. The van der Waals surface area contributed by atoms with Gasteiger partial charge in [0.15, 0.2) is 0 Å². The molecule has 3 rings (SSSR count). The van der Waals surface area contributed by atoms with E-state index >= 15 is 0 Å². The van der Waals surface area contributed by atoms with Gasteiger partial charge in [-0.25, -0.2) is 4.79 Å². The lowest BCUT2D eigenvalue weighted by atomic mass is 10.3. The van der Waals surface area contributed by atoms with Gasteiger partial charge in [-0.3, -0.25) is 14.9 Å². The van der Waals surface area contributed by atoms with Crippen molar-refractivity contribution in [1.29, 1.82) is 0 Å². The number of nitrogens with zero attached hydrogens (tertiary/aromatic N) is 3. The van der Waals surface area contributed by atoms with Crippen LogP contribution in [0.1, 0.15) is 12.3 Å². The Morgan fingerprint density at radius 2 is 2.15 bits per heavy atom. The molecule has 1 aliphatic heterocycles. The van der Waals surface area contributed by atoms with Crippen LogP contribution in [0.2, 0.25) is 10.0 Å². The number of hydrogen-bond donors (Lipinski definition) is 2. The quantitative estimate of drug-likeness (QED) is 0.677. The van der Waals surface area contributed by atoms with Crippen LogP contribution >= 0.6 is 35.0 Å². The van der Waals surface area contributed by atoms with Gasteiger partial charge >= 0.3 is 6.03 Å². The molecule has 2 N–H and O–H groups in total. The van der Waals surface area contributed by atoms with E-state index in [1.165, 1.54) is 11.0 Å². The average molecular weight is 430 g/mol. The largest absolute Gasteiger partial charge is 0.414 e. The van der Waals surface area contributed by atoms with Gasteiger partial charge in [-0.15, -0.1) is 10.2 Å². The molecule has 12 heteroatoms. The Hall–Kier alpha value is -2.30. The van der Waals surface area contributed by atoms with Gasteiger partial charge < -0.3 is 14.6 Å². The van der Waals surface area contributed by atoms with Crippen LogP contribution in [0.5, 0.6) is 0 Å². The molecule has 142 valence electrons. The standard InChI is InChI=1S/C15H13Cl2N5O4S/c16-8-1-2-10(9(17)5-8)18-12(24)7-27-15-21-20-13(26-15)6-22-4-3-11(23)19-14(22)25/h1-2,5H,3-4,6-7H2,(H,18,24)(H,19,23,25). The Labute approximate surface area is 167 Å². The fraction of sp³-hybridized carbons (Fsp3) is 0.267. The predicted molar refractivity (Wildman–Crippen MR) is 98.7 cm³/mol. The van der Waals surface area contributed by atoms with Crippen molar-refractivity contribution in [2.75, 3.05) is 17.6 Å². The highest BCUT2D eigenvalue weighted by Gasteiger charge is 2.24. The third-order valence-electron chi connectivity index (χ3n) is 3.45. The Kier molecular flexibility index (Phi) is 6.19. The molecule has 0 radical (unpaired) electrons. The zero-order chi connectivity index (χ0) is 19.4. The third-order valence-corrected chi connectivity index (χ3v) is 4.82. The number of anilines is 1. The number of nitrogens with one attached hydrogen (secondary N) is 2. The number of urea groups is 1. The number of halogens is 2. The fourth-order valence-corrected chi connectivity index (χ4v) is 3.21. The van der Waals surface area contributed by atoms with Crippen molar-refractivity contribution in [3.05, 3.63) is 34.1 Å². The third kappa shape index (κ3) is 5.34. The number of amides is 4. The maximum absolute atomic E-state index is 12.0. The Morgan fingerprint density at radius 3 is 2.89 bits per heavy atom. The molecular weight excluding hydrogens is 417 g/mol. The normalized spacial score (nSPS) is 14.2. The van der Waals surface area contributed by atoms with E-state index in [4.69, 9.17) is 27.6 Å². The molecule has 1 aromatic carbocycles. The van der Waals surface area contributed by atoms with Crippen LogP contribution in [-0.2, 0) is 16.1 Å². The van der Waals surface area contributed by atoms with Crippen LogP contribution in [0.4, 0.5) is 10.5 Å². The summed E-state index contributed by atoms with van der Waals surface area (Å²) in [5.41, 5.74) is 0.448. The SMILES string of the molecule is O=C1CCN(Cc2nnc(SCC(=O)Nc3ccc(Cl)cc3Cl)o2)C(=O)N1. The second-order valence-corrected chi connectivity index (χ2v) is 7.22. The highest BCUT2D eigenvalue weighted by Crippen LogP contribution is 2.26. The molecule has 0 aliphatic carbocycles. The first-order valence-electron chi connectivity index (χ1n) is 7.69. The summed E-state index contributed by atoms with van der Waals surface area (Å²) in [5, 5.41) is 13.5. The maximum Gasteiger partial charge on any atom is 0.324 e. The zero-order valence-corrected chi connectivity index (χ0v) is 16.0. The Balaban J connectivity index is 1.49. The number of rotatable bonds is 6. The zero-order valence-electron chi connectivity index (χ0n) is 13.7. The minimum atomic E-state index is -0.502. The van der Waals surface area contributed by atoms with Crippen LogP contribution in [-0.4, -0.2) is 45.2 Å². The minimum absolute atomic E-state index is 0.0271. The molecule has 0 saturated carbocycles. The number of imide groups is 1. The van der Waals surface area contributed by atoms with Crippen molar-refractivity contribution in [2.24, 2.45) is 0 Å². The van der Waals surface area contributed by atoms with Crippen molar-refractivity contribution in [3.8, 4) is 0 Å². The summed E-state index contributed by atoms with van der Waals surface area (Å²) in [6.45, 7) is 0.360. The smallest absolute Gasteiger partial charge is 0.324 e. The van der Waals surface area contributed by atoms with Gasteiger partial charge in [0.2, 0.25) is 17.7 Å². The van der Waals surface area contributed by atoms with Gasteiger partial charge in [-0.1, -0.05) is 35.0 Å².